The lowest BCUT2D eigenvalue weighted by atomic mass is 9.94. The van der Waals surface area contributed by atoms with Gasteiger partial charge < -0.3 is 4.74 Å². The lowest BCUT2D eigenvalue weighted by molar-refractivity contribution is 0.0737. The number of esters is 1. The van der Waals surface area contributed by atoms with Gasteiger partial charge in [-0.25, -0.2) is 4.79 Å². The first-order valence-electron chi connectivity index (χ1n) is 8.35. The van der Waals surface area contributed by atoms with Gasteiger partial charge in [0.25, 0.3) is 0 Å². The molecule has 0 saturated heterocycles. The van der Waals surface area contributed by atoms with Gasteiger partial charge in [0, 0.05) is 15.8 Å². The minimum Gasteiger partial charge on any atom is -0.422 e. The highest BCUT2D eigenvalue weighted by molar-refractivity contribution is 6.30. The van der Waals surface area contributed by atoms with Crippen molar-refractivity contribution in [1.82, 2.24) is 0 Å². The van der Waals surface area contributed by atoms with Crippen LogP contribution in [-0.2, 0) is 0 Å². The molecule has 0 aromatic heterocycles. The SMILES string of the molecule is O=C(Oc1ccc2ccc3cccc4ccc1c2c34)c1ccc(Cl)cc1. The normalized spacial score (nSPS) is 11.4. The van der Waals surface area contributed by atoms with Crippen LogP contribution in [0.5, 0.6) is 5.75 Å². The van der Waals surface area contributed by atoms with E-state index < -0.39 is 5.97 Å². The van der Waals surface area contributed by atoms with E-state index in [1.54, 1.807) is 24.3 Å². The number of carbonyl (C=O) groups is 1. The van der Waals surface area contributed by atoms with Gasteiger partial charge in [-0.2, -0.15) is 0 Å². The van der Waals surface area contributed by atoms with E-state index in [4.69, 9.17) is 16.3 Å². The van der Waals surface area contributed by atoms with Gasteiger partial charge in [0.2, 0.25) is 0 Å². The number of hydrogen-bond acceptors (Lipinski definition) is 2. The molecule has 5 rings (SSSR count). The zero-order valence-electron chi connectivity index (χ0n) is 13.7. The number of rotatable bonds is 2. The first-order chi connectivity index (χ1) is 12.7. The standard InChI is InChI=1S/C23H13ClO2/c24-18-10-6-17(7-11-18)23(25)26-20-13-9-16-5-4-14-2-1-3-15-8-12-19(20)22(16)21(14)15/h1-13H. The molecule has 0 bridgehead atoms. The molecule has 26 heavy (non-hydrogen) atoms. The lowest BCUT2D eigenvalue weighted by Crippen LogP contribution is -2.08. The fourth-order valence-electron chi connectivity index (χ4n) is 3.54. The molecule has 5 aromatic carbocycles. The van der Waals surface area contributed by atoms with E-state index in [1.165, 1.54) is 16.2 Å². The molecule has 2 nitrogen and oxygen atoms in total. The van der Waals surface area contributed by atoms with Crippen LogP contribution in [0.2, 0.25) is 5.02 Å². The van der Waals surface area contributed by atoms with E-state index in [-0.39, 0.29) is 0 Å². The van der Waals surface area contributed by atoms with Crippen LogP contribution in [0.4, 0.5) is 0 Å². The molecule has 5 aromatic rings. The molecule has 0 aliphatic heterocycles. The Morgan fingerprint density at radius 1 is 0.692 bits per heavy atom. The zero-order chi connectivity index (χ0) is 17.7. The molecule has 0 heterocycles. The first-order valence-corrected chi connectivity index (χ1v) is 8.73. The Morgan fingerprint density at radius 2 is 1.31 bits per heavy atom. The minimum atomic E-state index is -0.392. The summed E-state index contributed by atoms with van der Waals surface area (Å²) in [5.74, 6) is 0.174. The van der Waals surface area contributed by atoms with Crippen molar-refractivity contribution < 1.29 is 9.53 Å². The quantitative estimate of drug-likeness (QED) is 0.206. The predicted molar refractivity (Wildman–Crippen MR) is 107 cm³/mol. The molecule has 3 heteroatoms. The van der Waals surface area contributed by atoms with Gasteiger partial charge in [-0.1, -0.05) is 54.1 Å². The largest absolute Gasteiger partial charge is 0.422 e. The highest BCUT2D eigenvalue weighted by Crippen LogP contribution is 2.38. The number of carbonyl (C=O) groups excluding carboxylic acids is 1. The average molecular weight is 357 g/mol. The van der Waals surface area contributed by atoms with Crippen LogP contribution in [0.15, 0.2) is 78.9 Å². The molecule has 0 unspecified atom stereocenters. The number of halogens is 1. The molecule has 0 atom stereocenters. The third-order valence-corrected chi connectivity index (χ3v) is 5.02. The Morgan fingerprint density at radius 3 is 2.04 bits per heavy atom. The molecule has 0 saturated carbocycles. The van der Waals surface area contributed by atoms with E-state index in [2.05, 4.69) is 36.4 Å². The van der Waals surface area contributed by atoms with Crippen molar-refractivity contribution in [2.75, 3.05) is 0 Å². The van der Waals surface area contributed by atoms with Crippen molar-refractivity contribution in [3.05, 3.63) is 89.4 Å². The molecule has 0 aliphatic rings. The molecule has 124 valence electrons. The van der Waals surface area contributed by atoms with Crippen LogP contribution in [0, 0.1) is 0 Å². The third kappa shape index (κ3) is 2.31. The second-order valence-electron chi connectivity index (χ2n) is 6.32. The summed E-state index contributed by atoms with van der Waals surface area (Å²) < 4.78 is 5.72. The van der Waals surface area contributed by atoms with Crippen molar-refractivity contribution in [2.24, 2.45) is 0 Å². The average Bonchev–Trinajstić information content (AvgIpc) is 2.67. The summed E-state index contributed by atoms with van der Waals surface area (Å²) in [6.07, 6.45) is 0. The highest BCUT2D eigenvalue weighted by atomic mass is 35.5. The van der Waals surface area contributed by atoms with E-state index in [9.17, 15) is 4.79 Å². The summed E-state index contributed by atoms with van der Waals surface area (Å²) >= 11 is 5.89. The molecule has 0 aliphatic carbocycles. The first kappa shape index (κ1) is 15.2. The predicted octanol–water partition coefficient (Wildman–Crippen LogP) is 6.46. The highest BCUT2D eigenvalue weighted by Gasteiger charge is 2.14. The molecular formula is C23H13ClO2. The van der Waals surface area contributed by atoms with Crippen LogP contribution < -0.4 is 4.74 Å². The van der Waals surface area contributed by atoms with E-state index in [0.717, 1.165) is 16.2 Å². The number of ether oxygens (including phenoxy) is 1. The zero-order valence-corrected chi connectivity index (χ0v) is 14.5. The van der Waals surface area contributed by atoms with Crippen molar-refractivity contribution in [2.45, 2.75) is 0 Å². The maximum Gasteiger partial charge on any atom is 0.343 e. The summed E-state index contributed by atoms with van der Waals surface area (Å²) in [7, 11) is 0. The topological polar surface area (TPSA) is 26.3 Å². The van der Waals surface area contributed by atoms with Crippen molar-refractivity contribution >= 4 is 49.9 Å². The summed E-state index contributed by atoms with van der Waals surface area (Å²) in [4.78, 5) is 12.5. The number of hydrogen-bond donors (Lipinski definition) is 0. The molecule has 0 radical (unpaired) electrons. The van der Waals surface area contributed by atoms with Crippen LogP contribution in [0.1, 0.15) is 10.4 Å². The monoisotopic (exact) mass is 356 g/mol. The van der Waals surface area contributed by atoms with E-state index in [0.29, 0.717) is 16.3 Å². The lowest BCUT2D eigenvalue weighted by Gasteiger charge is -2.13. The second-order valence-corrected chi connectivity index (χ2v) is 6.75. The summed E-state index contributed by atoms with van der Waals surface area (Å²) in [5, 5.41) is 7.35. The van der Waals surface area contributed by atoms with Gasteiger partial charge in [0.1, 0.15) is 5.75 Å². The molecule has 0 spiro atoms. The fraction of sp³-hybridized carbons (Fsp3) is 0. The van der Waals surface area contributed by atoms with Gasteiger partial charge in [0.15, 0.2) is 0 Å². The molecule has 0 amide bonds. The van der Waals surface area contributed by atoms with Gasteiger partial charge >= 0.3 is 5.97 Å². The smallest absolute Gasteiger partial charge is 0.343 e. The van der Waals surface area contributed by atoms with Crippen LogP contribution in [-0.4, -0.2) is 5.97 Å². The Kier molecular flexibility index (Phi) is 3.34. The summed E-state index contributed by atoms with van der Waals surface area (Å²) in [5.41, 5.74) is 0.472. The van der Waals surface area contributed by atoms with Crippen LogP contribution in [0.25, 0.3) is 32.3 Å². The Labute approximate surface area is 154 Å². The molecule has 0 fully saturated rings. The van der Waals surface area contributed by atoms with Crippen molar-refractivity contribution in [3.8, 4) is 5.75 Å². The fourth-order valence-corrected chi connectivity index (χ4v) is 3.67. The maximum absolute atomic E-state index is 12.5. The second kappa shape index (κ2) is 5.72. The van der Waals surface area contributed by atoms with E-state index in [1.807, 2.05) is 18.2 Å². The Hall–Kier alpha value is -3.10. The van der Waals surface area contributed by atoms with Gasteiger partial charge in [-0.15, -0.1) is 0 Å². The van der Waals surface area contributed by atoms with Crippen LogP contribution >= 0.6 is 11.6 Å². The van der Waals surface area contributed by atoms with Crippen LogP contribution in [0.3, 0.4) is 0 Å². The van der Waals surface area contributed by atoms with Crippen molar-refractivity contribution in [1.29, 1.82) is 0 Å². The molecule has 0 N–H and O–H groups in total. The Balaban J connectivity index is 1.68. The van der Waals surface area contributed by atoms with Gasteiger partial charge in [0.05, 0.1) is 5.56 Å². The van der Waals surface area contributed by atoms with E-state index >= 15 is 0 Å². The number of benzene rings is 5. The molecular weight excluding hydrogens is 344 g/mol. The van der Waals surface area contributed by atoms with Gasteiger partial charge in [-0.05, 0) is 57.9 Å². The Bertz CT molecular complexity index is 1260. The summed E-state index contributed by atoms with van der Waals surface area (Å²) in [6, 6.07) is 25.2. The maximum atomic E-state index is 12.5. The summed E-state index contributed by atoms with van der Waals surface area (Å²) in [6.45, 7) is 0. The van der Waals surface area contributed by atoms with Gasteiger partial charge in [-0.3, -0.25) is 0 Å². The third-order valence-electron chi connectivity index (χ3n) is 4.77. The van der Waals surface area contributed by atoms with Crippen molar-refractivity contribution in [3.63, 3.8) is 0 Å². The minimum absolute atomic E-state index is 0.392.